The van der Waals surface area contributed by atoms with Gasteiger partial charge in [-0.3, -0.25) is 4.79 Å². The van der Waals surface area contributed by atoms with Crippen LogP contribution in [0.1, 0.15) is 30.1 Å². The Kier molecular flexibility index (Phi) is 5.11. The number of benzene rings is 1. The highest BCUT2D eigenvalue weighted by Gasteiger charge is 2.28. The molecule has 1 aromatic rings. The molecule has 100 valence electrons. The van der Waals surface area contributed by atoms with Gasteiger partial charge >= 0.3 is 0 Å². The predicted octanol–water partition coefficient (Wildman–Crippen LogP) is 2.12. The van der Waals surface area contributed by atoms with Gasteiger partial charge in [-0.05, 0) is 57.1 Å². The van der Waals surface area contributed by atoms with Crippen LogP contribution in [-0.2, 0) is 0 Å². The zero-order valence-corrected chi connectivity index (χ0v) is 11.1. The summed E-state index contributed by atoms with van der Waals surface area (Å²) in [5, 5.41) is 6.29. The van der Waals surface area contributed by atoms with Crippen LogP contribution in [-0.4, -0.2) is 24.5 Å². The van der Waals surface area contributed by atoms with Crippen molar-refractivity contribution in [1.29, 1.82) is 0 Å². The first-order valence-corrected chi connectivity index (χ1v) is 5.88. The third kappa shape index (κ3) is 3.68. The SMILES string of the molecule is CC1(NC(=O)c2ccc(F)cc2)CCNCC1.Cl. The summed E-state index contributed by atoms with van der Waals surface area (Å²) < 4.78 is 12.7. The number of amides is 1. The summed E-state index contributed by atoms with van der Waals surface area (Å²) in [6, 6.07) is 5.63. The molecule has 0 unspecified atom stereocenters. The van der Waals surface area contributed by atoms with E-state index in [0.29, 0.717) is 5.56 Å². The molecule has 1 aliphatic rings. The van der Waals surface area contributed by atoms with Crippen molar-refractivity contribution >= 4 is 18.3 Å². The number of piperidine rings is 1. The Bertz CT molecular complexity index is 402. The molecule has 1 saturated heterocycles. The maximum Gasteiger partial charge on any atom is 0.251 e. The van der Waals surface area contributed by atoms with Crippen LogP contribution in [0.15, 0.2) is 24.3 Å². The van der Waals surface area contributed by atoms with Crippen molar-refractivity contribution in [3.8, 4) is 0 Å². The van der Waals surface area contributed by atoms with Crippen LogP contribution in [0.5, 0.6) is 0 Å². The van der Waals surface area contributed by atoms with Crippen molar-refractivity contribution in [2.45, 2.75) is 25.3 Å². The highest BCUT2D eigenvalue weighted by atomic mass is 35.5. The first-order chi connectivity index (χ1) is 8.09. The lowest BCUT2D eigenvalue weighted by atomic mass is 9.90. The van der Waals surface area contributed by atoms with Crippen LogP contribution in [0.2, 0.25) is 0 Å². The Morgan fingerprint density at radius 1 is 1.28 bits per heavy atom. The zero-order valence-electron chi connectivity index (χ0n) is 10.3. The van der Waals surface area contributed by atoms with Crippen LogP contribution in [0.3, 0.4) is 0 Å². The molecule has 0 radical (unpaired) electrons. The molecule has 1 fully saturated rings. The number of hydrogen-bond donors (Lipinski definition) is 2. The van der Waals surface area contributed by atoms with Gasteiger partial charge in [0.25, 0.3) is 5.91 Å². The van der Waals surface area contributed by atoms with Gasteiger partial charge in [-0.15, -0.1) is 12.4 Å². The normalized spacial score (nSPS) is 17.7. The van der Waals surface area contributed by atoms with E-state index in [1.54, 1.807) is 0 Å². The van der Waals surface area contributed by atoms with E-state index in [4.69, 9.17) is 0 Å². The largest absolute Gasteiger partial charge is 0.347 e. The second kappa shape index (κ2) is 6.16. The predicted molar refractivity (Wildman–Crippen MR) is 71.6 cm³/mol. The molecule has 18 heavy (non-hydrogen) atoms. The molecule has 0 spiro atoms. The topological polar surface area (TPSA) is 41.1 Å². The van der Waals surface area contributed by atoms with E-state index in [0.717, 1.165) is 25.9 Å². The Morgan fingerprint density at radius 2 is 1.83 bits per heavy atom. The lowest BCUT2D eigenvalue weighted by Crippen LogP contribution is -2.52. The van der Waals surface area contributed by atoms with E-state index >= 15 is 0 Å². The standard InChI is InChI=1S/C13H17FN2O.ClH/c1-13(6-8-15-9-7-13)16-12(17)10-2-4-11(14)5-3-10;/h2-5,15H,6-9H2,1H3,(H,16,17);1H. The lowest BCUT2D eigenvalue weighted by molar-refractivity contribution is 0.0887. The average molecular weight is 273 g/mol. The number of halogens is 2. The third-order valence-electron chi connectivity index (χ3n) is 3.23. The molecule has 0 atom stereocenters. The van der Waals surface area contributed by atoms with Gasteiger partial charge in [-0.1, -0.05) is 0 Å². The molecule has 3 nitrogen and oxygen atoms in total. The van der Waals surface area contributed by atoms with Gasteiger partial charge in [0.2, 0.25) is 0 Å². The second-order valence-corrected chi connectivity index (χ2v) is 4.77. The Balaban J connectivity index is 0.00000162. The van der Waals surface area contributed by atoms with Gasteiger partial charge in [-0.25, -0.2) is 4.39 Å². The summed E-state index contributed by atoms with van der Waals surface area (Å²) in [6.07, 6.45) is 1.83. The number of hydrogen-bond acceptors (Lipinski definition) is 2. The molecule has 2 rings (SSSR count). The molecule has 1 heterocycles. The van der Waals surface area contributed by atoms with Crippen molar-refractivity contribution in [3.05, 3.63) is 35.6 Å². The maximum atomic E-state index is 12.7. The second-order valence-electron chi connectivity index (χ2n) is 4.77. The van der Waals surface area contributed by atoms with Gasteiger partial charge in [0, 0.05) is 11.1 Å². The van der Waals surface area contributed by atoms with Crippen LogP contribution in [0.25, 0.3) is 0 Å². The fourth-order valence-electron chi connectivity index (χ4n) is 2.05. The summed E-state index contributed by atoms with van der Waals surface area (Å²) in [5.74, 6) is -0.455. The summed E-state index contributed by atoms with van der Waals surface area (Å²) in [6.45, 7) is 3.88. The monoisotopic (exact) mass is 272 g/mol. The Morgan fingerprint density at radius 3 is 2.39 bits per heavy atom. The van der Waals surface area contributed by atoms with Gasteiger partial charge in [0.05, 0.1) is 0 Å². The van der Waals surface area contributed by atoms with E-state index in [1.165, 1.54) is 24.3 Å². The van der Waals surface area contributed by atoms with E-state index in [2.05, 4.69) is 17.6 Å². The van der Waals surface area contributed by atoms with Crippen LogP contribution in [0.4, 0.5) is 4.39 Å². The molecule has 2 N–H and O–H groups in total. The van der Waals surface area contributed by atoms with Gasteiger partial charge < -0.3 is 10.6 Å². The summed E-state index contributed by atoms with van der Waals surface area (Å²) in [7, 11) is 0. The van der Waals surface area contributed by atoms with E-state index < -0.39 is 0 Å². The zero-order chi connectivity index (χ0) is 12.3. The molecule has 5 heteroatoms. The first kappa shape index (κ1) is 14.9. The average Bonchev–Trinajstić information content (AvgIpc) is 2.30. The van der Waals surface area contributed by atoms with E-state index in [1.807, 2.05) is 0 Å². The van der Waals surface area contributed by atoms with Crippen molar-refractivity contribution in [3.63, 3.8) is 0 Å². The molecular formula is C13H18ClFN2O. The van der Waals surface area contributed by atoms with Gasteiger partial charge in [0.15, 0.2) is 0 Å². The molecule has 1 aromatic carbocycles. The van der Waals surface area contributed by atoms with Crippen molar-refractivity contribution < 1.29 is 9.18 Å². The molecule has 1 aliphatic heterocycles. The van der Waals surface area contributed by atoms with Crippen molar-refractivity contribution in [1.82, 2.24) is 10.6 Å². The lowest BCUT2D eigenvalue weighted by Gasteiger charge is -2.35. The Hall–Kier alpha value is -1.13. The summed E-state index contributed by atoms with van der Waals surface area (Å²) >= 11 is 0. The third-order valence-corrected chi connectivity index (χ3v) is 3.23. The van der Waals surface area contributed by atoms with Crippen molar-refractivity contribution in [2.24, 2.45) is 0 Å². The number of carbonyl (C=O) groups is 1. The van der Waals surface area contributed by atoms with Crippen LogP contribution < -0.4 is 10.6 Å². The minimum atomic E-state index is -0.324. The van der Waals surface area contributed by atoms with E-state index in [-0.39, 0.29) is 29.7 Å². The summed E-state index contributed by atoms with van der Waals surface area (Å²) in [5.41, 5.74) is 0.350. The fraction of sp³-hybridized carbons (Fsp3) is 0.462. The van der Waals surface area contributed by atoms with Crippen LogP contribution >= 0.6 is 12.4 Å². The van der Waals surface area contributed by atoms with Gasteiger partial charge in [-0.2, -0.15) is 0 Å². The van der Waals surface area contributed by atoms with E-state index in [9.17, 15) is 9.18 Å². The van der Waals surface area contributed by atoms with Gasteiger partial charge in [0.1, 0.15) is 5.82 Å². The Labute approximate surface area is 113 Å². The quantitative estimate of drug-likeness (QED) is 0.866. The number of rotatable bonds is 2. The molecule has 0 aliphatic carbocycles. The highest BCUT2D eigenvalue weighted by molar-refractivity contribution is 5.94. The molecule has 0 saturated carbocycles. The minimum Gasteiger partial charge on any atom is -0.347 e. The maximum absolute atomic E-state index is 12.7. The number of carbonyl (C=O) groups excluding carboxylic acids is 1. The highest BCUT2D eigenvalue weighted by Crippen LogP contribution is 2.18. The molecule has 0 bridgehead atoms. The molecule has 0 aromatic heterocycles. The first-order valence-electron chi connectivity index (χ1n) is 5.88. The summed E-state index contributed by atoms with van der Waals surface area (Å²) in [4.78, 5) is 12.0. The fourth-order valence-corrected chi connectivity index (χ4v) is 2.05. The minimum absolute atomic E-state index is 0. The molecular weight excluding hydrogens is 255 g/mol. The molecule has 1 amide bonds. The number of nitrogens with one attached hydrogen (secondary N) is 2. The smallest absolute Gasteiger partial charge is 0.251 e. The van der Waals surface area contributed by atoms with Crippen LogP contribution in [0, 0.1) is 5.82 Å². The van der Waals surface area contributed by atoms with Crippen molar-refractivity contribution in [2.75, 3.05) is 13.1 Å².